The molecule has 1 rings (SSSR count). The van der Waals surface area contributed by atoms with Crippen LogP contribution in [0.15, 0.2) is 11.6 Å². The standard InChI is InChI=1S/C10H15F3/c1-7(2)8-4-3-5-9(6-8)10(11,12)13/h5,7-8H,3-4,6H2,1-2H3. The zero-order chi connectivity index (χ0) is 10.1. The van der Waals surface area contributed by atoms with E-state index in [1.54, 1.807) is 0 Å². The summed E-state index contributed by atoms with van der Waals surface area (Å²) in [7, 11) is 0. The Labute approximate surface area is 76.8 Å². The van der Waals surface area contributed by atoms with Gasteiger partial charge >= 0.3 is 6.18 Å². The van der Waals surface area contributed by atoms with Gasteiger partial charge in [-0.1, -0.05) is 19.9 Å². The topological polar surface area (TPSA) is 0 Å². The molecule has 0 aromatic rings. The molecule has 76 valence electrons. The monoisotopic (exact) mass is 192 g/mol. The van der Waals surface area contributed by atoms with Crippen LogP contribution in [0, 0.1) is 11.8 Å². The summed E-state index contributed by atoms with van der Waals surface area (Å²) in [4.78, 5) is 0. The van der Waals surface area contributed by atoms with Gasteiger partial charge in [0.15, 0.2) is 0 Å². The summed E-state index contributed by atoms with van der Waals surface area (Å²) in [5, 5.41) is 0. The van der Waals surface area contributed by atoms with Gasteiger partial charge in [-0.25, -0.2) is 0 Å². The van der Waals surface area contributed by atoms with Gasteiger partial charge in [0, 0.05) is 5.57 Å². The molecule has 0 aromatic carbocycles. The maximum Gasteiger partial charge on any atom is 0.412 e. The number of alkyl halides is 3. The van der Waals surface area contributed by atoms with Crippen LogP contribution in [0.5, 0.6) is 0 Å². The van der Waals surface area contributed by atoms with Gasteiger partial charge in [-0.2, -0.15) is 13.2 Å². The van der Waals surface area contributed by atoms with Crippen LogP contribution in [0.25, 0.3) is 0 Å². The van der Waals surface area contributed by atoms with Gasteiger partial charge in [0.2, 0.25) is 0 Å². The number of halogens is 3. The van der Waals surface area contributed by atoms with Crippen LogP contribution in [0.1, 0.15) is 33.1 Å². The highest BCUT2D eigenvalue weighted by atomic mass is 19.4. The molecule has 1 atom stereocenters. The smallest absolute Gasteiger partial charge is 0.166 e. The Balaban J connectivity index is 2.65. The first-order valence-electron chi connectivity index (χ1n) is 4.67. The van der Waals surface area contributed by atoms with E-state index in [0.29, 0.717) is 12.3 Å². The Morgan fingerprint density at radius 2 is 2.00 bits per heavy atom. The van der Waals surface area contributed by atoms with Crippen LogP contribution in [0.3, 0.4) is 0 Å². The summed E-state index contributed by atoms with van der Waals surface area (Å²) in [6.45, 7) is 3.98. The first kappa shape index (κ1) is 10.6. The normalized spacial score (nSPS) is 24.8. The fourth-order valence-corrected chi connectivity index (χ4v) is 1.74. The van der Waals surface area contributed by atoms with Crippen molar-refractivity contribution in [1.82, 2.24) is 0 Å². The van der Waals surface area contributed by atoms with Gasteiger partial charge in [-0.3, -0.25) is 0 Å². The Morgan fingerprint density at radius 1 is 1.38 bits per heavy atom. The van der Waals surface area contributed by atoms with E-state index >= 15 is 0 Å². The molecule has 13 heavy (non-hydrogen) atoms. The summed E-state index contributed by atoms with van der Waals surface area (Å²) in [5.41, 5.74) is -0.322. The number of rotatable bonds is 1. The van der Waals surface area contributed by atoms with E-state index in [0.717, 1.165) is 6.42 Å². The minimum absolute atomic E-state index is 0.209. The van der Waals surface area contributed by atoms with E-state index in [2.05, 4.69) is 0 Å². The molecule has 0 aliphatic heterocycles. The van der Waals surface area contributed by atoms with Crippen LogP contribution < -0.4 is 0 Å². The lowest BCUT2D eigenvalue weighted by atomic mass is 9.81. The van der Waals surface area contributed by atoms with E-state index in [1.165, 1.54) is 6.08 Å². The lowest BCUT2D eigenvalue weighted by Crippen LogP contribution is -2.21. The molecular formula is C10H15F3. The second-order valence-electron chi connectivity index (χ2n) is 4.01. The third kappa shape index (κ3) is 2.75. The summed E-state index contributed by atoms with van der Waals surface area (Å²) in [6, 6.07) is 0. The molecule has 0 saturated carbocycles. The first-order valence-corrected chi connectivity index (χ1v) is 4.67. The van der Waals surface area contributed by atoms with Crippen molar-refractivity contribution in [2.45, 2.75) is 39.3 Å². The zero-order valence-corrected chi connectivity index (χ0v) is 7.99. The van der Waals surface area contributed by atoms with E-state index in [4.69, 9.17) is 0 Å². The third-order valence-electron chi connectivity index (χ3n) is 2.72. The van der Waals surface area contributed by atoms with Gasteiger partial charge in [0.05, 0.1) is 0 Å². The fraction of sp³-hybridized carbons (Fsp3) is 0.800. The minimum Gasteiger partial charge on any atom is -0.166 e. The van der Waals surface area contributed by atoms with Gasteiger partial charge in [0.1, 0.15) is 0 Å². The highest BCUT2D eigenvalue weighted by Crippen LogP contribution is 2.38. The SMILES string of the molecule is CC(C)C1CCC=C(C(F)(F)F)C1. The van der Waals surface area contributed by atoms with Crippen molar-refractivity contribution in [2.24, 2.45) is 11.8 Å². The highest BCUT2D eigenvalue weighted by molar-refractivity contribution is 5.12. The molecule has 1 aliphatic rings. The van der Waals surface area contributed by atoms with Crippen molar-refractivity contribution in [3.05, 3.63) is 11.6 Å². The summed E-state index contributed by atoms with van der Waals surface area (Å²) in [5.74, 6) is 0.563. The highest BCUT2D eigenvalue weighted by Gasteiger charge is 2.36. The molecule has 0 amide bonds. The van der Waals surface area contributed by atoms with E-state index in [-0.39, 0.29) is 17.9 Å². The predicted molar refractivity (Wildman–Crippen MR) is 46.3 cm³/mol. The maximum absolute atomic E-state index is 12.3. The van der Waals surface area contributed by atoms with Crippen molar-refractivity contribution in [2.75, 3.05) is 0 Å². The molecule has 0 saturated heterocycles. The van der Waals surface area contributed by atoms with Crippen LogP contribution in [-0.4, -0.2) is 6.18 Å². The van der Waals surface area contributed by atoms with E-state index in [9.17, 15) is 13.2 Å². The molecule has 0 aromatic heterocycles. The largest absolute Gasteiger partial charge is 0.412 e. The van der Waals surface area contributed by atoms with Gasteiger partial charge < -0.3 is 0 Å². The fourth-order valence-electron chi connectivity index (χ4n) is 1.74. The molecule has 0 nitrogen and oxygen atoms in total. The van der Waals surface area contributed by atoms with Crippen molar-refractivity contribution < 1.29 is 13.2 Å². The number of hydrogen-bond acceptors (Lipinski definition) is 0. The maximum atomic E-state index is 12.3. The van der Waals surface area contributed by atoms with Crippen molar-refractivity contribution in [3.63, 3.8) is 0 Å². The first-order chi connectivity index (χ1) is 5.91. The summed E-state index contributed by atoms with van der Waals surface area (Å²) >= 11 is 0. The lowest BCUT2D eigenvalue weighted by molar-refractivity contribution is -0.0971. The van der Waals surface area contributed by atoms with Crippen molar-refractivity contribution >= 4 is 0 Å². The van der Waals surface area contributed by atoms with Crippen LogP contribution in [0.2, 0.25) is 0 Å². The van der Waals surface area contributed by atoms with E-state index < -0.39 is 6.18 Å². The number of allylic oxidation sites excluding steroid dienone is 2. The Morgan fingerprint density at radius 3 is 2.46 bits per heavy atom. The quantitative estimate of drug-likeness (QED) is 0.552. The second-order valence-corrected chi connectivity index (χ2v) is 4.01. The second kappa shape index (κ2) is 3.72. The third-order valence-corrected chi connectivity index (χ3v) is 2.72. The molecule has 1 aliphatic carbocycles. The van der Waals surface area contributed by atoms with E-state index in [1.807, 2.05) is 13.8 Å². The Bertz CT molecular complexity index is 201. The van der Waals surface area contributed by atoms with Crippen molar-refractivity contribution in [3.8, 4) is 0 Å². The minimum atomic E-state index is -4.10. The average Bonchev–Trinajstić information content (AvgIpc) is 2.03. The summed E-state index contributed by atoms with van der Waals surface area (Å²) in [6.07, 6.45) is -1.07. The molecule has 3 heteroatoms. The van der Waals surface area contributed by atoms with Gasteiger partial charge in [-0.05, 0) is 31.1 Å². The zero-order valence-electron chi connectivity index (χ0n) is 7.99. The van der Waals surface area contributed by atoms with Crippen LogP contribution in [-0.2, 0) is 0 Å². The molecule has 1 unspecified atom stereocenters. The Kier molecular flexibility index (Phi) is 3.04. The summed E-state index contributed by atoms with van der Waals surface area (Å²) < 4.78 is 36.9. The number of hydrogen-bond donors (Lipinski definition) is 0. The molecule has 0 fully saturated rings. The van der Waals surface area contributed by atoms with Crippen molar-refractivity contribution in [1.29, 1.82) is 0 Å². The predicted octanol–water partition coefficient (Wildman–Crippen LogP) is 3.93. The van der Waals surface area contributed by atoms with Gasteiger partial charge in [-0.15, -0.1) is 0 Å². The molecule has 0 spiro atoms. The average molecular weight is 192 g/mol. The molecular weight excluding hydrogens is 177 g/mol. The van der Waals surface area contributed by atoms with Gasteiger partial charge in [0.25, 0.3) is 0 Å². The lowest BCUT2D eigenvalue weighted by Gasteiger charge is -2.26. The van der Waals surface area contributed by atoms with Crippen LogP contribution in [0.4, 0.5) is 13.2 Å². The molecule has 0 bridgehead atoms. The van der Waals surface area contributed by atoms with Crippen LogP contribution >= 0.6 is 0 Å². The molecule has 0 radical (unpaired) electrons. The molecule has 0 heterocycles. The molecule has 0 N–H and O–H groups in total. The Hall–Kier alpha value is -0.470.